The van der Waals surface area contributed by atoms with E-state index in [1.165, 1.54) is 25.7 Å². The Labute approximate surface area is 142 Å². The minimum atomic E-state index is -0.411. The molecule has 2 fully saturated rings. The first-order valence-corrected chi connectivity index (χ1v) is 9.54. The number of carbonyl (C=O) groups excluding carboxylic acids is 1. The van der Waals surface area contributed by atoms with Crippen molar-refractivity contribution in [2.75, 3.05) is 6.54 Å². The van der Waals surface area contributed by atoms with Gasteiger partial charge in [-0.15, -0.1) is 0 Å². The first-order valence-electron chi connectivity index (χ1n) is 9.54. The summed E-state index contributed by atoms with van der Waals surface area (Å²) < 4.78 is 5.56. The molecule has 23 heavy (non-hydrogen) atoms. The molecule has 2 aliphatic rings. The van der Waals surface area contributed by atoms with E-state index in [4.69, 9.17) is 4.74 Å². The fraction of sp³-hybridized carbons (Fsp3) is 0.947. The lowest BCUT2D eigenvalue weighted by Gasteiger charge is -2.31. The largest absolute Gasteiger partial charge is 0.444 e. The number of carbonyl (C=O) groups is 1. The molecule has 4 heteroatoms. The van der Waals surface area contributed by atoms with Crippen LogP contribution in [-0.2, 0) is 4.74 Å². The molecule has 0 aromatic rings. The predicted octanol–water partition coefficient (Wildman–Crippen LogP) is 4.33. The van der Waals surface area contributed by atoms with E-state index in [-0.39, 0.29) is 6.09 Å². The molecule has 0 radical (unpaired) electrons. The fourth-order valence-electron chi connectivity index (χ4n) is 3.63. The summed E-state index contributed by atoms with van der Waals surface area (Å²) in [5.74, 6) is 0.962. The monoisotopic (exact) mass is 324 g/mol. The van der Waals surface area contributed by atoms with Crippen molar-refractivity contribution in [3.63, 3.8) is 0 Å². The van der Waals surface area contributed by atoms with Crippen LogP contribution in [0.4, 0.5) is 4.79 Å². The number of nitrogens with one attached hydrogen (secondary N) is 1. The zero-order chi connectivity index (χ0) is 17.0. The maximum atomic E-state index is 12.4. The molecule has 4 nitrogen and oxygen atoms in total. The summed E-state index contributed by atoms with van der Waals surface area (Å²) in [6, 6.07) is 1.41. The summed E-state index contributed by atoms with van der Waals surface area (Å²) in [6.45, 7) is 11.2. The van der Waals surface area contributed by atoms with Gasteiger partial charge < -0.3 is 15.0 Å². The molecule has 1 aliphatic carbocycles. The van der Waals surface area contributed by atoms with Crippen molar-refractivity contribution in [2.45, 2.75) is 103 Å². The predicted molar refractivity (Wildman–Crippen MR) is 94.6 cm³/mol. The van der Waals surface area contributed by atoms with Crippen molar-refractivity contribution in [3.8, 4) is 0 Å². The van der Waals surface area contributed by atoms with E-state index in [2.05, 4.69) is 19.2 Å². The van der Waals surface area contributed by atoms with Crippen LogP contribution >= 0.6 is 0 Å². The highest BCUT2D eigenvalue weighted by Crippen LogP contribution is 2.34. The van der Waals surface area contributed by atoms with Gasteiger partial charge in [-0.25, -0.2) is 4.79 Å². The normalized spacial score (nSPS) is 24.6. The molecule has 3 atom stereocenters. The molecule has 0 spiro atoms. The summed E-state index contributed by atoms with van der Waals surface area (Å²) in [6.07, 6.45) is 8.43. The number of likely N-dealkylation sites (tertiary alicyclic amines) is 1. The molecular weight excluding hydrogens is 288 g/mol. The number of ether oxygens (including phenoxy) is 1. The maximum Gasteiger partial charge on any atom is 0.410 e. The highest BCUT2D eigenvalue weighted by molar-refractivity contribution is 5.68. The Bertz CT molecular complexity index is 387. The Hall–Kier alpha value is -0.770. The molecule has 3 unspecified atom stereocenters. The Morgan fingerprint density at radius 3 is 2.52 bits per heavy atom. The molecule has 1 amide bonds. The molecule has 1 N–H and O–H groups in total. The van der Waals surface area contributed by atoms with Crippen LogP contribution in [0.3, 0.4) is 0 Å². The summed E-state index contributed by atoms with van der Waals surface area (Å²) in [5, 5.41) is 3.79. The molecule has 1 saturated carbocycles. The van der Waals surface area contributed by atoms with Gasteiger partial charge in [-0.1, -0.05) is 19.8 Å². The van der Waals surface area contributed by atoms with Crippen molar-refractivity contribution >= 4 is 6.09 Å². The zero-order valence-electron chi connectivity index (χ0n) is 15.7. The summed E-state index contributed by atoms with van der Waals surface area (Å²) in [7, 11) is 0. The Morgan fingerprint density at radius 1 is 1.26 bits per heavy atom. The van der Waals surface area contributed by atoms with Gasteiger partial charge in [-0.3, -0.25) is 0 Å². The van der Waals surface area contributed by atoms with E-state index >= 15 is 0 Å². The molecule has 0 aromatic heterocycles. The molecule has 1 saturated heterocycles. The van der Waals surface area contributed by atoms with E-state index in [1.54, 1.807) is 0 Å². The van der Waals surface area contributed by atoms with Gasteiger partial charge in [-0.2, -0.15) is 0 Å². The third-order valence-electron chi connectivity index (χ3n) is 4.96. The Balaban J connectivity index is 1.80. The first kappa shape index (κ1) is 18.6. The van der Waals surface area contributed by atoms with Crippen molar-refractivity contribution in [2.24, 2.45) is 5.92 Å². The van der Waals surface area contributed by atoms with Crippen LogP contribution in [-0.4, -0.2) is 41.3 Å². The molecular formula is C19H36N2O2. The average molecular weight is 325 g/mol. The van der Waals surface area contributed by atoms with E-state index < -0.39 is 5.60 Å². The van der Waals surface area contributed by atoms with Gasteiger partial charge in [-0.05, 0) is 65.7 Å². The van der Waals surface area contributed by atoms with Crippen LogP contribution in [0.5, 0.6) is 0 Å². The summed E-state index contributed by atoms with van der Waals surface area (Å²) >= 11 is 0. The molecule has 134 valence electrons. The van der Waals surface area contributed by atoms with Crippen molar-refractivity contribution in [3.05, 3.63) is 0 Å². The quantitative estimate of drug-likeness (QED) is 0.757. The van der Waals surface area contributed by atoms with Crippen molar-refractivity contribution in [1.29, 1.82) is 0 Å². The minimum Gasteiger partial charge on any atom is -0.444 e. The number of hydrogen-bond acceptors (Lipinski definition) is 3. The molecule has 1 heterocycles. The van der Waals surface area contributed by atoms with E-state index in [0.29, 0.717) is 18.1 Å². The second-order valence-corrected chi connectivity index (χ2v) is 8.56. The van der Waals surface area contributed by atoms with Crippen LogP contribution in [0.25, 0.3) is 0 Å². The number of amides is 1. The highest BCUT2D eigenvalue weighted by atomic mass is 16.6. The lowest BCUT2D eigenvalue weighted by molar-refractivity contribution is 0.0214. The standard InChI is InChI=1S/C19H36N2O2/c1-6-16(13-15-9-10-15)20-14(2)12-17-8-7-11-21(17)18(22)23-19(3,4)5/h14-17,20H,6-13H2,1-5H3. The smallest absolute Gasteiger partial charge is 0.410 e. The third-order valence-corrected chi connectivity index (χ3v) is 4.96. The molecule has 1 aliphatic heterocycles. The van der Waals surface area contributed by atoms with Gasteiger partial charge >= 0.3 is 6.09 Å². The second kappa shape index (κ2) is 7.87. The van der Waals surface area contributed by atoms with Gasteiger partial charge in [0.2, 0.25) is 0 Å². The summed E-state index contributed by atoms with van der Waals surface area (Å²) in [4.78, 5) is 14.3. The van der Waals surface area contributed by atoms with Crippen molar-refractivity contribution < 1.29 is 9.53 Å². The second-order valence-electron chi connectivity index (χ2n) is 8.56. The number of rotatable bonds is 7. The number of nitrogens with zero attached hydrogens (tertiary/aromatic N) is 1. The van der Waals surface area contributed by atoms with Crippen LogP contribution in [0.2, 0.25) is 0 Å². The molecule has 0 aromatic carbocycles. The van der Waals surface area contributed by atoms with Gasteiger partial charge in [0.15, 0.2) is 0 Å². The Kier molecular flexibility index (Phi) is 6.35. The van der Waals surface area contributed by atoms with E-state index in [0.717, 1.165) is 31.7 Å². The summed E-state index contributed by atoms with van der Waals surface area (Å²) in [5.41, 5.74) is -0.411. The van der Waals surface area contributed by atoms with Crippen LogP contribution < -0.4 is 5.32 Å². The van der Waals surface area contributed by atoms with E-state index in [1.807, 2.05) is 25.7 Å². The van der Waals surface area contributed by atoms with Gasteiger partial charge in [0.05, 0.1) is 0 Å². The number of hydrogen-bond donors (Lipinski definition) is 1. The Morgan fingerprint density at radius 2 is 1.96 bits per heavy atom. The minimum absolute atomic E-state index is 0.141. The lowest BCUT2D eigenvalue weighted by Crippen LogP contribution is -2.44. The van der Waals surface area contributed by atoms with Gasteiger partial charge in [0.1, 0.15) is 5.60 Å². The topological polar surface area (TPSA) is 41.6 Å². The lowest BCUT2D eigenvalue weighted by atomic mass is 10.0. The maximum absolute atomic E-state index is 12.4. The highest BCUT2D eigenvalue weighted by Gasteiger charge is 2.33. The third kappa shape index (κ3) is 6.33. The molecule has 2 rings (SSSR count). The van der Waals surface area contributed by atoms with Crippen LogP contribution in [0.15, 0.2) is 0 Å². The van der Waals surface area contributed by atoms with Crippen LogP contribution in [0.1, 0.15) is 79.6 Å². The van der Waals surface area contributed by atoms with Crippen LogP contribution in [0, 0.1) is 5.92 Å². The van der Waals surface area contributed by atoms with E-state index in [9.17, 15) is 4.79 Å². The molecule has 0 bridgehead atoms. The zero-order valence-corrected chi connectivity index (χ0v) is 15.7. The SMILES string of the molecule is CCC(CC1CC1)NC(C)CC1CCCN1C(=O)OC(C)(C)C. The van der Waals surface area contributed by atoms with Crippen molar-refractivity contribution in [1.82, 2.24) is 10.2 Å². The fourth-order valence-corrected chi connectivity index (χ4v) is 3.63. The first-order chi connectivity index (χ1) is 10.8. The van der Waals surface area contributed by atoms with Gasteiger partial charge in [0, 0.05) is 24.7 Å². The van der Waals surface area contributed by atoms with Gasteiger partial charge in [0.25, 0.3) is 0 Å². The average Bonchev–Trinajstić information content (AvgIpc) is 3.12.